The minimum Gasteiger partial charge on any atom is -0.361 e. The van der Waals surface area contributed by atoms with E-state index in [4.69, 9.17) is 11.6 Å². The molecule has 0 aliphatic carbocycles. The fourth-order valence-corrected chi connectivity index (χ4v) is 2.61. The van der Waals surface area contributed by atoms with Crippen molar-refractivity contribution in [2.24, 2.45) is 0 Å². The van der Waals surface area contributed by atoms with E-state index >= 15 is 0 Å². The molecule has 1 unspecified atom stereocenters. The molecule has 4 heteroatoms. The first-order valence-corrected chi connectivity index (χ1v) is 7.25. The van der Waals surface area contributed by atoms with Gasteiger partial charge in [0.05, 0.1) is 0 Å². The molecule has 2 aromatic carbocycles. The van der Waals surface area contributed by atoms with Gasteiger partial charge in [-0.2, -0.15) is 0 Å². The van der Waals surface area contributed by atoms with Gasteiger partial charge in [-0.05, 0) is 42.3 Å². The highest BCUT2D eigenvalue weighted by atomic mass is 35.5. The molecule has 0 radical (unpaired) electrons. The Kier molecular flexibility index (Phi) is 3.95. The number of aromatic nitrogens is 1. The molecule has 0 aliphatic rings. The fourth-order valence-electron chi connectivity index (χ4n) is 2.44. The number of benzene rings is 2. The van der Waals surface area contributed by atoms with Gasteiger partial charge in [0.15, 0.2) is 0 Å². The molecule has 0 fully saturated rings. The topological polar surface area (TPSA) is 27.8 Å². The Labute approximate surface area is 127 Å². The zero-order valence-corrected chi connectivity index (χ0v) is 12.4. The second-order valence-corrected chi connectivity index (χ2v) is 5.59. The summed E-state index contributed by atoms with van der Waals surface area (Å²) in [6.07, 6.45) is 1.99. The van der Waals surface area contributed by atoms with E-state index in [1.807, 2.05) is 36.5 Å². The van der Waals surface area contributed by atoms with Crippen LogP contribution in [0.1, 0.15) is 24.1 Å². The van der Waals surface area contributed by atoms with Crippen molar-refractivity contribution in [3.63, 3.8) is 0 Å². The molecule has 3 rings (SSSR count). The number of H-pyrrole nitrogens is 1. The SMILES string of the molecule is CC(NCc1c[nH]c2cc(Cl)ccc12)c1ccc(F)cc1. The maximum absolute atomic E-state index is 12.9. The zero-order valence-electron chi connectivity index (χ0n) is 11.7. The van der Waals surface area contributed by atoms with Gasteiger partial charge in [-0.3, -0.25) is 0 Å². The van der Waals surface area contributed by atoms with Crippen molar-refractivity contribution in [3.05, 3.63) is 70.6 Å². The molecule has 0 aliphatic heterocycles. The summed E-state index contributed by atoms with van der Waals surface area (Å²) in [5.74, 6) is -0.209. The second-order valence-electron chi connectivity index (χ2n) is 5.16. The molecule has 0 bridgehead atoms. The number of halogens is 2. The first-order valence-electron chi connectivity index (χ1n) is 6.88. The minimum atomic E-state index is -0.209. The third-order valence-corrected chi connectivity index (χ3v) is 3.93. The highest BCUT2D eigenvalue weighted by Gasteiger charge is 2.08. The third-order valence-electron chi connectivity index (χ3n) is 3.70. The average Bonchev–Trinajstić information content (AvgIpc) is 2.87. The van der Waals surface area contributed by atoms with Gasteiger partial charge in [0, 0.05) is 34.7 Å². The predicted molar refractivity (Wildman–Crippen MR) is 85.0 cm³/mol. The average molecular weight is 303 g/mol. The van der Waals surface area contributed by atoms with Crippen LogP contribution in [0.5, 0.6) is 0 Å². The molecule has 108 valence electrons. The Morgan fingerprint density at radius 1 is 1.19 bits per heavy atom. The smallest absolute Gasteiger partial charge is 0.123 e. The van der Waals surface area contributed by atoms with Gasteiger partial charge in [-0.25, -0.2) is 4.39 Å². The summed E-state index contributed by atoms with van der Waals surface area (Å²) in [4.78, 5) is 3.23. The number of fused-ring (bicyclic) bond motifs is 1. The number of nitrogens with one attached hydrogen (secondary N) is 2. The highest BCUT2D eigenvalue weighted by molar-refractivity contribution is 6.31. The summed E-state index contributed by atoms with van der Waals surface area (Å²) < 4.78 is 12.9. The van der Waals surface area contributed by atoms with Gasteiger partial charge < -0.3 is 10.3 Å². The van der Waals surface area contributed by atoms with Crippen LogP contribution < -0.4 is 5.32 Å². The molecule has 0 amide bonds. The number of aromatic amines is 1. The van der Waals surface area contributed by atoms with Crippen LogP contribution in [-0.4, -0.2) is 4.98 Å². The van der Waals surface area contributed by atoms with Crippen LogP contribution in [0, 0.1) is 5.82 Å². The number of rotatable bonds is 4. The summed E-state index contributed by atoms with van der Waals surface area (Å²) in [5, 5.41) is 5.34. The van der Waals surface area contributed by atoms with Crippen LogP contribution in [0.4, 0.5) is 4.39 Å². The van der Waals surface area contributed by atoms with Gasteiger partial charge in [0.1, 0.15) is 5.82 Å². The van der Waals surface area contributed by atoms with Crippen molar-refractivity contribution >= 4 is 22.5 Å². The lowest BCUT2D eigenvalue weighted by atomic mass is 10.1. The van der Waals surface area contributed by atoms with Gasteiger partial charge in [-0.15, -0.1) is 0 Å². The molecular formula is C17H16ClFN2. The molecule has 1 atom stereocenters. The quantitative estimate of drug-likeness (QED) is 0.711. The van der Waals surface area contributed by atoms with Crippen LogP contribution in [0.2, 0.25) is 5.02 Å². The Bertz CT molecular complexity index is 749. The maximum Gasteiger partial charge on any atom is 0.123 e. The number of hydrogen-bond acceptors (Lipinski definition) is 1. The van der Waals surface area contributed by atoms with Gasteiger partial charge in [-0.1, -0.05) is 29.8 Å². The van der Waals surface area contributed by atoms with E-state index in [0.717, 1.165) is 22.6 Å². The molecule has 21 heavy (non-hydrogen) atoms. The van der Waals surface area contributed by atoms with E-state index in [1.165, 1.54) is 23.1 Å². The molecule has 3 aromatic rings. The van der Waals surface area contributed by atoms with Crippen LogP contribution >= 0.6 is 11.6 Å². The first kappa shape index (κ1) is 14.1. The van der Waals surface area contributed by atoms with E-state index in [1.54, 1.807) is 0 Å². The lowest BCUT2D eigenvalue weighted by molar-refractivity contribution is 0.572. The monoisotopic (exact) mass is 302 g/mol. The van der Waals surface area contributed by atoms with Gasteiger partial charge in [0.2, 0.25) is 0 Å². The van der Waals surface area contributed by atoms with E-state index in [2.05, 4.69) is 17.2 Å². The Hall–Kier alpha value is -1.84. The summed E-state index contributed by atoms with van der Waals surface area (Å²) in [6, 6.07) is 12.6. The molecule has 0 saturated heterocycles. The third kappa shape index (κ3) is 3.09. The minimum absolute atomic E-state index is 0.155. The van der Waals surface area contributed by atoms with E-state index in [0.29, 0.717) is 0 Å². The van der Waals surface area contributed by atoms with E-state index in [9.17, 15) is 4.39 Å². The van der Waals surface area contributed by atoms with E-state index in [-0.39, 0.29) is 11.9 Å². The number of hydrogen-bond donors (Lipinski definition) is 2. The molecular weight excluding hydrogens is 287 g/mol. The molecule has 1 heterocycles. The van der Waals surface area contributed by atoms with Crippen molar-refractivity contribution in [2.45, 2.75) is 19.5 Å². The van der Waals surface area contributed by atoms with E-state index < -0.39 is 0 Å². The maximum atomic E-state index is 12.9. The van der Waals surface area contributed by atoms with Crippen molar-refractivity contribution in [2.75, 3.05) is 0 Å². The summed E-state index contributed by atoms with van der Waals surface area (Å²) in [5.41, 5.74) is 3.30. The largest absolute Gasteiger partial charge is 0.361 e. The molecule has 0 saturated carbocycles. The van der Waals surface area contributed by atoms with Gasteiger partial charge >= 0.3 is 0 Å². The lowest BCUT2D eigenvalue weighted by Gasteiger charge is -2.14. The summed E-state index contributed by atoms with van der Waals surface area (Å²) in [6.45, 7) is 2.80. The highest BCUT2D eigenvalue weighted by Crippen LogP contribution is 2.22. The van der Waals surface area contributed by atoms with Crippen LogP contribution in [0.3, 0.4) is 0 Å². The van der Waals surface area contributed by atoms with Crippen molar-refractivity contribution in [1.29, 1.82) is 0 Å². The zero-order chi connectivity index (χ0) is 14.8. The summed E-state index contributed by atoms with van der Waals surface area (Å²) >= 11 is 5.98. The van der Waals surface area contributed by atoms with Crippen LogP contribution in [-0.2, 0) is 6.54 Å². The molecule has 1 aromatic heterocycles. The second kappa shape index (κ2) is 5.88. The van der Waals surface area contributed by atoms with Crippen molar-refractivity contribution < 1.29 is 4.39 Å². The molecule has 2 N–H and O–H groups in total. The normalized spacial score (nSPS) is 12.7. The Morgan fingerprint density at radius 3 is 2.71 bits per heavy atom. The Balaban J connectivity index is 1.72. The molecule has 0 spiro atoms. The molecule has 2 nitrogen and oxygen atoms in total. The fraction of sp³-hybridized carbons (Fsp3) is 0.176. The van der Waals surface area contributed by atoms with Gasteiger partial charge in [0.25, 0.3) is 0 Å². The van der Waals surface area contributed by atoms with Crippen LogP contribution in [0.15, 0.2) is 48.7 Å². The van der Waals surface area contributed by atoms with Crippen LogP contribution in [0.25, 0.3) is 10.9 Å². The van der Waals surface area contributed by atoms with Crippen molar-refractivity contribution in [1.82, 2.24) is 10.3 Å². The standard InChI is InChI=1S/C17H16ClFN2/c1-11(12-2-5-15(19)6-3-12)20-9-13-10-21-17-8-14(18)4-7-16(13)17/h2-8,10-11,20-21H,9H2,1H3. The lowest BCUT2D eigenvalue weighted by Crippen LogP contribution is -2.17. The predicted octanol–water partition coefficient (Wildman–Crippen LogP) is 4.81. The first-order chi connectivity index (χ1) is 10.1. The summed E-state index contributed by atoms with van der Waals surface area (Å²) in [7, 11) is 0. The Morgan fingerprint density at radius 2 is 1.95 bits per heavy atom. The van der Waals surface area contributed by atoms with Crippen molar-refractivity contribution in [3.8, 4) is 0 Å².